The number of nitrogens with one attached hydrogen (secondary N) is 1. The maximum atomic E-state index is 12.0. The first-order valence-corrected chi connectivity index (χ1v) is 9.01. The largest absolute Gasteiger partial charge is 0.325 e. The maximum Gasteiger partial charge on any atom is 0.269 e. The lowest BCUT2D eigenvalue weighted by Crippen LogP contribution is -2.14. The van der Waals surface area contributed by atoms with Crippen molar-refractivity contribution in [2.24, 2.45) is 7.05 Å². The highest BCUT2D eigenvalue weighted by atomic mass is 32.2. The fourth-order valence-corrected chi connectivity index (χ4v) is 3.51. The Labute approximate surface area is 151 Å². The third kappa shape index (κ3) is 4.03. The molecule has 0 radical (unpaired) electrons. The van der Waals surface area contributed by atoms with E-state index in [0.717, 1.165) is 10.7 Å². The van der Waals surface area contributed by atoms with Crippen LogP contribution in [0, 0.1) is 10.1 Å². The monoisotopic (exact) mass is 375 g/mol. The summed E-state index contributed by atoms with van der Waals surface area (Å²) in [6.45, 7) is 0. The van der Waals surface area contributed by atoms with Crippen LogP contribution in [-0.4, -0.2) is 31.3 Å². The van der Waals surface area contributed by atoms with Crippen LogP contribution in [-0.2, 0) is 11.8 Å². The van der Waals surface area contributed by atoms with E-state index in [0.29, 0.717) is 10.8 Å². The van der Waals surface area contributed by atoms with Gasteiger partial charge in [-0.25, -0.2) is 0 Å². The summed E-state index contributed by atoms with van der Waals surface area (Å²) in [5, 5.41) is 24.2. The molecule has 0 aliphatic rings. The number of nitro groups is 1. The third-order valence-electron chi connectivity index (χ3n) is 3.27. The van der Waals surface area contributed by atoms with E-state index >= 15 is 0 Å². The van der Waals surface area contributed by atoms with Gasteiger partial charge in [-0.05, 0) is 23.6 Å². The second kappa shape index (κ2) is 7.45. The van der Waals surface area contributed by atoms with Crippen LogP contribution in [0.2, 0.25) is 0 Å². The zero-order valence-corrected chi connectivity index (χ0v) is 14.7. The van der Waals surface area contributed by atoms with E-state index in [9.17, 15) is 14.9 Å². The summed E-state index contributed by atoms with van der Waals surface area (Å²) >= 11 is 2.85. The molecule has 1 amide bonds. The molecule has 25 heavy (non-hydrogen) atoms. The van der Waals surface area contributed by atoms with Gasteiger partial charge in [0.05, 0.1) is 15.6 Å². The summed E-state index contributed by atoms with van der Waals surface area (Å²) in [6, 6.07) is 9.59. The van der Waals surface area contributed by atoms with E-state index in [1.165, 1.54) is 36.0 Å². The molecule has 8 nitrogen and oxygen atoms in total. The Bertz CT molecular complexity index is 891. The lowest BCUT2D eigenvalue weighted by Gasteiger charge is -2.05. The first-order valence-electron chi connectivity index (χ1n) is 7.15. The Morgan fingerprint density at radius 3 is 2.72 bits per heavy atom. The number of anilines is 1. The fourth-order valence-electron chi connectivity index (χ4n) is 2.05. The predicted octanol–water partition coefficient (Wildman–Crippen LogP) is 3.18. The molecule has 1 aromatic carbocycles. The van der Waals surface area contributed by atoms with Gasteiger partial charge in [0.25, 0.3) is 5.69 Å². The van der Waals surface area contributed by atoms with Crippen molar-refractivity contribution in [3.05, 3.63) is 51.9 Å². The SMILES string of the molecule is Cn1c(SCC(=O)Nc2ccc([N+](=O)[O-])cc2)nnc1-c1cccs1. The van der Waals surface area contributed by atoms with Crippen molar-refractivity contribution in [1.82, 2.24) is 14.8 Å². The number of thiophene rings is 1. The predicted molar refractivity (Wildman–Crippen MR) is 96.8 cm³/mol. The smallest absolute Gasteiger partial charge is 0.269 e. The number of hydrogen-bond acceptors (Lipinski definition) is 7. The van der Waals surface area contributed by atoms with Gasteiger partial charge < -0.3 is 9.88 Å². The van der Waals surface area contributed by atoms with Crippen molar-refractivity contribution in [1.29, 1.82) is 0 Å². The number of nitro benzene ring substituents is 1. The van der Waals surface area contributed by atoms with E-state index in [1.54, 1.807) is 11.3 Å². The van der Waals surface area contributed by atoms with E-state index in [2.05, 4.69) is 15.5 Å². The highest BCUT2D eigenvalue weighted by Gasteiger charge is 2.14. The van der Waals surface area contributed by atoms with Crippen LogP contribution in [0.1, 0.15) is 0 Å². The molecule has 0 aliphatic carbocycles. The Morgan fingerprint density at radius 2 is 2.08 bits per heavy atom. The summed E-state index contributed by atoms with van der Waals surface area (Å²) in [5.41, 5.74) is 0.487. The second-order valence-electron chi connectivity index (χ2n) is 4.98. The summed E-state index contributed by atoms with van der Waals surface area (Å²) in [4.78, 5) is 23.2. The molecule has 0 aliphatic heterocycles. The molecule has 0 bridgehead atoms. The Kier molecular flexibility index (Phi) is 5.10. The molecule has 0 fully saturated rings. The normalized spacial score (nSPS) is 10.6. The van der Waals surface area contributed by atoms with E-state index in [4.69, 9.17) is 0 Å². The lowest BCUT2D eigenvalue weighted by atomic mass is 10.3. The molecule has 0 saturated heterocycles. The number of thioether (sulfide) groups is 1. The Hall–Kier alpha value is -2.72. The minimum absolute atomic E-state index is 0.0208. The van der Waals surface area contributed by atoms with Crippen molar-refractivity contribution < 1.29 is 9.72 Å². The molecular formula is C15H13N5O3S2. The number of amides is 1. The molecule has 1 N–H and O–H groups in total. The zero-order chi connectivity index (χ0) is 17.8. The van der Waals surface area contributed by atoms with Crippen LogP contribution >= 0.6 is 23.1 Å². The number of carbonyl (C=O) groups excluding carboxylic acids is 1. The van der Waals surface area contributed by atoms with Crippen molar-refractivity contribution >= 4 is 40.4 Å². The quantitative estimate of drug-likeness (QED) is 0.403. The van der Waals surface area contributed by atoms with Gasteiger partial charge in [-0.3, -0.25) is 14.9 Å². The van der Waals surface area contributed by atoms with Crippen LogP contribution < -0.4 is 5.32 Å². The van der Waals surface area contributed by atoms with Crippen molar-refractivity contribution in [2.45, 2.75) is 5.16 Å². The molecule has 2 aromatic heterocycles. The van der Waals surface area contributed by atoms with Gasteiger partial charge in [-0.2, -0.15) is 0 Å². The number of carbonyl (C=O) groups is 1. The maximum absolute atomic E-state index is 12.0. The van der Waals surface area contributed by atoms with E-state index < -0.39 is 4.92 Å². The van der Waals surface area contributed by atoms with Gasteiger partial charge in [0.1, 0.15) is 0 Å². The first-order chi connectivity index (χ1) is 12.0. The van der Waals surface area contributed by atoms with Crippen molar-refractivity contribution in [3.8, 4) is 10.7 Å². The lowest BCUT2D eigenvalue weighted by molar-refractivity contribution is -0.384. The van der Waals surface area contributed by atoms with Gasteiger partial charge in [0, 0.05) is 24.9 Å². The van der Waals surface area contributed by atoms with Gasteiger partial charge in [0.2, 0.25) is 5.91 Å². The van der Waals surface area contributed by atoms with Crippen LogP contribution in [0.5, 0.6) is 0 Å². The van der Waals surface area contributed by atoms with Crippen LogP contribution in [0.3, 0.4) is 0 Å². The van der Waals surface area contributed by atoms with E-state index in [1.807, 2.05) is 29.1 Å². The highest BCUT2D eigenvalue weighted by Crippen LogP contribution is 2.26. The topological polar surface area (TPSA) is 103 Å². The zero-order valence-electron chi connectivity index (χ0n) is 13.1. The van der Waals surface area contributed by atoms with Gasteiger partial charge >= 0.3 is 0 Å². The summed E-state index contributed by atoms with van der Waals surface area (Å²) in [6.07, 6.45) is 0. The third-order valence-corrected chi connectivity index (χ3v) is 5.16. The minimum Gasteiger partial charge on any atom is -0.325 e. The van der Waals surface area contributed by atoms with Crippen LogP contribution in [0.15, 0.2) is 46.9 Å². The molecule has 10 heteroatoms. The molecule has 0 saturated carbocycles. The molecule has 0 atom stereocenters. The van der Waals surface area contributed by atoms with Gasteiger partial charge in [-0.15, -0.1) is 21.5 Å². The number of aromatic nitrogens is 3. The second-order valence-corrected chi connectivity index (χ2v) is 6.87. The fraction of sp³-hybridized carbons (Fsp3) is 0.133. The number of nitrogens with zero attached hydrogens (tertiary/aromatic N) is 4. The summed E-state index contributed by atoms with van der Waals surface area (Å²) < 4.78 is 1.84. The standard InChI is InChI=1S/C15H13N5O3S2/c1-19-14(12-3-2-8-24-12)17-18-15(19)25-9-13(21)16-10-4-6-11(7-5-10)20(22)23/h2-8H,9H2,1H3,(H,16,21). The van der Waals surface area contributed by atoms with Crippen molar-refractivity contribution in [3.63, 3.8) is 0 Å². The van der Waals surface area contributed by atoms with Crippen LogP contribution in [0.4, 0.5) is 11.4 Å². The molecule has 3 aromatic rings. The van der Waals surface area contributed by atoms with Crippen LogP contribution in [0.25, 0.3) is 10.7 Å². The number of rotatable bonds is 6. The Balaban J connectivity index is 1.58. The van der Waals surface area contributed by atoms with Gasteiger partial charge in [-0.1, -0.05) is 17.8 Å². The van der Waals surface area contributed by atoms with Gasteiger partial charge in [0.15, 0.2) is 11.0 Å². The molecule has 128 valence electrons. The number of hydrogen-bond donors (Lipinski definition) is 1. The number of non-ortho nitro benzene ring substituents is 1. The Morgan fingerprint density at radius 1 is 1.32 bits per heavy atom. The average Bonchev–Trinajstić information content (AvgIpc) is 3.23. The first kappa shape index (κ1) is 17.1. The number of benzene rings is 1. The molecule has 3 rings (SSSR count). The molecule has 2 heterocycles. The minimum atomic E-state index is -0.485. The summed E-state index contributed by atoms with van der Waals surface area (Å²) in [5.74, 6) is 0.695. The molecular weight excluding hydrogens is 362 g/mol. The van der Waals surface area contributed by atoms with E-state index in [-0.39, 0.29) is 17.3 Å². The molecule has 0 spiro atoms. The van der Waals surface area contributed by atoms with Crippen molar-refractivity contribution in [2.75, 3.05) is 11.1 Å². The highest BCUT2D eigenvalue weighted by molar-refractivity contribution is 7.99. The summed E-state index contributed by atoms with van der Waals surface area (Å²) in [7, 11) is 1.85. The molecule has 0 unspecified atom stereocenters. The average molecular weight is 375 g/mol.